The van der Waals surface area contributed by atoms with Gasteiger partial charge in [0.1, 0.15) is 5.75 Å². The molecule has 0 N–H and O–H groups in total. The Kier molecular flexibility index (Phi) is 4.41. The van der Waals surface area contributed by atoms with Crippen LogP contribution < -0.4 is 9.47 Å². The van der Waals surface area contributed by atoms with E-state index in [1.54, 1.807) is 6.07 Å². The minimum absolute atomic E-state index is 0.0307. The van der Waals surface area contributed by atoms with Crippen LogP contribution in [0.5, 0.6) is 11.5 Å². The van der Waals surface area contributed by atoms with Gasteiger partial charge >= 0.3 is 6.36 Å². The molecule has 2 aromatic carbocycles. The van der Waals surface area contributed by atoms with Gasteiger partial charge in [0.2, 0.25) is 0 Å². The lowest BCUT2D eigenvalue weighted by Gasteiger charge is -2.11. The minimum Gasteiger partial charge on any atom is -0.492 e. The molecule has 0 radical (unpaired) electrons. The standard InChI is InChI=1S/C14H9BrF4O2/c1-20-13-11(15)7-6-10(12(13)16)8-2-4-9(5-3-8)21-14(17,18)19/h2-7H,1H3. The van der Waals surface area contributed by atoms with Gasteiger partial charge in [-0.05, 0) is 39.7 Å². The van der Waals surface area contributed by atoms with Crippen LogP contribution in [0.15, 0.2) is 40.9 Å². The number of methoxy groups -OCH3 is 1. The third kappa shape index (κ3) is 3.66. The van der Waals surface area contributed by atoms with E-state index in [0.29, 0.717) is 10.0 Å². The van der Waals surface area contributed by atoms with E-state index in [0.717, 1.165) is 12.1 Å². The van der Waals surface area contributed by atoms with Crippen molar-refractivity contribution in [2.75, 3.05) is 7.11 Å². The maximum Gasteiger partial charge on any atom is 0.573 e. The number of halogens is 5. The van der Waals surface area contributed by atoms with Crippen molar-refractivity contribution in [2.24, 2.45) is 0 Å². The molecule has 0 amide bonds. The monoisotopic (exact) mass is 364 g/mol. The molecule has 0 aromatic heterocycles. The Labute approximate surface area is 126 Å². The van der Waals surface area contributed by atoms with Crippen molar-refractivity contribution in [3.05, 3.63) is 46.7 Å². The fourth-order valence-corrected chi connectivity index (χ4v) is 2.25. The molecule has 7 heteroatoms. The zero-order chi connectivity index (χ0) is 15.6. The molecule has 2 aromatic rings. The van der Waals surface area contributed by atoms with Gasteiger partial charge in [0.25, 0.3) is 0 Å². The van der Waals surface area contributed by atoms with E-state index in [2.05, 4.69) is 20.7 Å². The molecule has 0 aliphatic rings. The molecule has 0 heterocycles. The largest absolute Gasteiger partial charge is 0.573 e. The molecule has 0 saturated heterocycles. The lowest BCUT2D eigenvalue weighted by Crippen LogP contribution is -2.16. The van der Waals surface area contributed by atoms with Gasteiger partial charge in [-0.2, -0.15) is 0 Å². The Morgan fingerprint density at radius 1 is 1.00 bits per heavy atom. The van der Waals surface area contributed by atoms with Gasteiger partial charge in [-0.1, -0.05) is 18.2 Å². The number of rotatable bonds is 3. The summed E-state index contributed by atoms with van der Waals surface area (Å²) < 4.78 is 59.6. The van der Waals surface area contributed by atoms with Crippen molar-refractivity contribution in [3.63, 3.8) is 0 Å². The van der Waals surface area contributed by atoms with Gasteiger partial charge in [0, 0.05) is 5.56 Å². The summed E-state index contributed by atoms with van der Waals surface area (Å²) in [5, 5.41) is 0. The Hall–Kier alpha value is -1.76. The molecular weight excluding hydrogens is 356 g/mol. The highest BCUT2D eigenvalue weighted by atomic mass is 79.9. The van der Waals surface area contributed by atoms with Gasteiger partial charge in [-0.25, -0.2) is 4.39 Å². The maximum atomic E-state index is 14.2. The molecule has 112 valence electrons. The highest BCUT2D eigenvalue weighted by Gasteiger charge is 2.31. The molecule has 2 nitrogen and oxygen atoms in total. The summed E-state index contributed by atoms with van der Waals surface area (Å²) in [4.78, 5) is 0. The van der Waals surface area contributed by atoms with E-state index in [4.69, 9.17) is 4.74 Å². The van der Waals surface area contributed by atoms with E-state index >= 15 is 0 Å². The summed E-state index contributed by atoms with van der Waals surface area (Å²) in [6.07, 6.45) is -4.76. The van der Waals surface area contributed by atoms with Gasteiger partial charge in [0.05, 0.1) is 11.6 Å². The van der Waals surface area contributed by atoms with Crippen LogP contribution >= 0.6 is 15.9 Å². The van der Waals surface area contributed by atoms with E-state index in [-0.39, 0.29) is 17.1 Å². The van der Waals surface area contributed by atoms with Crippen molar-refractivity contribution in [2.45, 2.75) is 6.36 Å². The van der Waals surface area contributed by atoms with Crippen molar-refractivity contribution in [1.29, 1.82) is 0 Å². The zero-order valence-corrected chi connectivity index (χ0v) is 12.3. The van der Waals surface area contributed by atoms with Crippen LogP contribution in [0.25, 0.3) is 11.1 Å². The predicted molar refractivity (Wildman–Crippen MR) is 72.8 cm³/mol. The van der Waals surface area contributed by atoms with Crippen molar-refractivity contribution >= 4 is 15.9 Å². The quantitative estimate of drug-likeness (QED) is 0.700. The first kappa shape index (κ1) is 15.6. The molecule has 2 rings (SSSR count). The highest BCUT2D eigenvalue weighted by Crippen LogP contribution is 2.35. The fourth-order valence-electron chi connectivity index (χ4n) is 1.78. The SMILES string of the molecule is COc1c(Br)ccc(-c2ccc(OC(F)(F)F)cc2)c1F. The summed E-state index contributed by atoms with van der Waals surface area (Å²) in [6.45, 7) is 0. The first-order valence-corrected chi connectivity index (χ1v) is 6.49. The topological polar surface area (TPSA) is 18.5 Å². The van der Waals surface area contributed by atoms with Gasteiger partial charge in [-0.15, -0.1) is 13.2 Å². The van der Waals surface area contributed by atoms with Crippen LogP contribution in [0.3, 0.4) is 0 Å². The molecule has 0 unspecified atom stereocenters. The first-order chi connectivity index (χ1) is 9.81. The summed E-state index contributed by atoms with van der Waals surface area (Å²) in [6, 6.07) is 8.02. The molecule has 0 aliphatic heterocycles. The average Bonchev–Trinajstić information content (AvgIpc) is 2.39. The molecule has 0 spiro atoms. The maximum absolute atomic E-state index is 14.2. The van der Waals surface area contributed by atoms with Crippen molar-refractivity contribution in [1.82, 2.24) is 0 Å². The Morgan fingerprint density at radius 2 is 1.62 bits per heavy atom. The van der Waals surface area contributed by atoms with E-state index in [1.807, 2.05) is 0 Å². The van der Waals surface area contributed by atoms with Crippen LogP contribution in [0.2, 0.25) is 0 Å². The Bertz CT molecular complexity index is 639. The fraction of sp³-hybridized carbons (Fsp3) is 0.143. The van der Waals surface area contributed by atoms with Crippen molar-refractivity contribution in [3.8, 4) is 22.6 Å². The summed E-state index contributed by atoms with van der Waals surface area (Å²) in [5.41, 5.74) is 0.626. The zero-order valence-electron chi connectivity index (χ0n) is 10.7. The van der Waals surface area contributed by atoms with E-state index < -0.39 is 12.2 Å². The normalized spacial score (nSPS) is 11.3. The Balaban J connectivity index is 2.35. The number of alkyl halides is 3. The second-order valence-corrected chi connectivity index (χ2v) is 4.87. The lowest BCUT2D eigenvalue weighted by molar-refractivity contribution is -0.274. The smallest absolute Gasteiger partial charge is 0.492 e. The van der Waals surface area contributed by atoms with Gasteiger partial charge in [-0.3, -0.25) is 0 Å². The number of benzene rings is 2. The molecule has 0 saturated carbocycles. The van der Waals surface area contributed by atoms with Crippen LogP contribution in [0, 0.1) is 5.82 Å². The molecule has 0 bridgehead atoms. The molecule has 0 aliphatic carbocycles. The molecular formula is C14H9BrF4O2. The second-order valence-electron chi connectivity index (χ2n) is 4.01. The van der Waals surface area contributed by atoms with E-state index in [9.17, 15) is 17.6 Å². The lowest BCUT2D eigenvalue weighted by atomic mass is 10.0. The van der Waals surface area contributed by atoms with E-state index in [1.165, 1.54) is 25.3 Å². The van der Waals surface area contributed by atoms with Crippen LogP contribution in [-0.4, -0.2) is 13.5 Å². The van der Waals surface area contributed by atoms with Gasteiger partial charge < -0.3 is 9.47 Å². The second kappa shape index (κ2) is 5.93. The highest BCUT2D eigenvalue weighted by molar-refractivity contribution is 9.10. The van der Waals surface area contributed by atoms with Crippen LogP contribution in [0.4, 0.5) is 17.6 Å². The molecule has 21 heavy (non-hydrogen) atoms. The number of hydrogen-bond donors (Lipinski definition) is 0. The Morgan fingerprint density at radius 3 is 2.14 bits per heavy atom. The average molecular weight is 365 g/mol. The van der Waals surface area contributed by atoms with Crippen LogP contribution in [0.1, 0.15) is 0 Å². The van der Waals surface area contributed by atoms with Gasteiger partial charge in [0.15, 0.2) is 11.6 Å². The summed E-state index contributed by atoms with van der Waals surface area (Å²) in [5.74, 6) is -0.935. The first-order valence-electron chi connectivity index (χ1n) is 5.70. The minimum atomic E-state index is -4.76. The number of ether oxygens (including phenoxy) is 2. The molecule has 0 fully saturated rings. The third-order valence-electron chi connectivity index (χ3n) is 2.65. The predicted octanol–water partition coefficient (Wildman–Crippen LogP) is 5.16. The third-order valence-corrected chi connectivity index (χ3v) is 3.28. The number of hydrogen-bond acceptors (Lipinski definition) is 2. The van der Waals surface area contributed by atoms with Crippen molar-refractivity contribution < 1.29 is 27.0 Å². The summed E-state index contributed by atoms with van der Waals surface area (Å²) >= 11 is 3.15. The van der Waals surface area contributed by atoms with Crippen LogP contribution in [-0.2, 0) is 0 Å². The summed E-state index contributed by atoms with van der Waals surface area (Å²) in [7, 11) is 1.33. The molecule has 0 atom stereocenters.